The third-order valence-corrected chi connectivity index (χ3v) is 5.92. The molecule has 162 valence electrons. The fourth-order valence-corrected chi connectivity index (χ4v) is 4.44. The molecule has 4 rings (SSSR count). The molecule has 0 saturated carbocycles. The highest BCUT2D eigenvalue weighted by Gasteiger charge is 2.34. The lowest BCUT2D eigenvalue weighted by Gasteiger charge is -2.13. The normalized spacial score (nSPS) is 11.7. The van der Waals surface area contributed by atoms with E-state index in [1.54, 1.807) is 16.8 Å². The van der Waals surface area contributed by atoms with Gasteiger partial charge in [0.25, 0.3) is 0 Å². The second-order valence-electron chi connectivity index (χ2n) is 6.61. The van der Waals surface area contributed by atoms with Gasteiger partial charge in [0, 0.05) is 23.7 Å². The Morgan fingerprint density at radius 3 is 2.44 bits per heavy atom. The minimum absolute atomic E-state index is 0.0159. The van der Waals surface area contributed by atoms with Crippen LogP contribution < -0.4 is 0 Å². The number of aromatic nitrogens is 3. The van der Waals surface area contributed by atoms with Crippen molar-refractivity contribution in [2.24, 2.45) is 0 Å². The van der Waals surface area contributed by atoms with Crippen LogP contribution >= 0.6 is 35.0 Å². The average Bonchev–Trinajstić information content (AvgIpc) is 3.14. The minimum atomic E-state index is -4.73. The molecule has 3 heterocycles. The summed E-state index contributed by atoms with van der Waals surface area (Å²) in [7, 11) is 0. The van der Waals surface area contributed by atoms with Crippen molar-refractivity contribution in [3.05, 3.63) is 81.6 Å². The molecule has 0 bridgehead atoms. The molecule has 0 spiro atoms. The Kier molecular flexibility index (Phi) is 6.03. The maximum absolute atomic E-state index is 13.5. The average molecular weight is 497 g/mol. The highest BCUT2D eigenvalue weighted by atomic mass is 35.5. The van der Waals surface area contributed by atoms with Crippen molar-refractivity contribution in [2.45, 2.75) is 17.0 Å². The fourth-order valence-electron chi connectivity index (χ4n) is 3.02. The van der Waals surface area contributed by atoms with E-state index in [1.807, 2.05) is 6.07 Å². The Balaban J connectivity index is 1.76. The van der Waals surface area contributed by atoms with E-state index in [0.29, 0.717) is 21.4 Å². The Bertz CT molecular complexity index is 1360. The number of thioether (sulfide) groups is 1. The third kappa shape index (κ3) is 4.53. The Hall–Kier alpha value is -2.80. The molecule has 0 aliphatic rings. The molecular weight excluding hydrogens is 487 g/mol. The summed E-state index contributed by atoms with van der Waals surface area (Å²) in [6.45, 7) is 0. The summed E-state index contributed by atoms with van der Waals surface area (Å²) in [4.78, 5) is 8.04. The van der Waals surface area contributed by atoms with Gasteiger partial charge in [-0.15, -0.1) is 0 Å². The van der Waals surface area contributed by atoms with Crippen molar-refractivity contribution in [2.75, 3.05) is 0 Å². The molecule has 0 unspecified atom stereocenters. The van der Waals surface area contributed by atoms with E-state index < -0.39 is 17.7 Å². The minimum Gasteiger partial charge on any atom is -0.304 e. The molecule has 32 heavy (non-hydrogen) atoms. The van der Waals surface area contributed by atoms with Gasteiger partial charge in [-0.25, -0.2) is 14.4 Å². The van der Waals surface area contributed by atoms with E-state index in [9.17, 15) is 22.8 Å². The van der Waals surface area contributed by atoms with Gasteiger partial charge in [-0.1, -0.05) is 47.1 Å². The first kappa shape index (κ1) is 22.4. The monoisotopic (exact) mass is 496 g/mol. The van der Waals surface area contributed by atoms with Crippen molar-refractivity contribution >= 4 is 40.6 Å². The maximum atomic E-state index is 13.5. The molecule has 0 fully saturated rings. The molecule has 3 aromatic heterocycles. The van der Waals surface area contributed by atoms with Crippen LogP contribution in [-0.2, 0) is 11.9 Å². The summed E-state index contributed by atoms with van der Waals surface area (Å²) < 4.78 is 55.4. The number of benzene rings is 1. The fraction of sp³-hybridized carbons (Fsp3) is 0.0952. The quantitative estimate of drug-likeness (QED) is 0.225. The van der Waals surface area contributed by atoms with Crippen molar-refractivity contribution < 1.29 is 17.6 Å². The Morgan fingerprint density at radius 2 is 1.78 bits per heavy atom. The first-order valence-corrected chi connectivity index (χ1v) is 10.6. The predicted octanol–water partition coefficient (Wildman–Crippen LogP) is 7.02. The van der Waals surface area contributed by atoms with Crippen LogP contribution in [0.1, 0.15) is 17.0 Å². The lowest BCUT2D eigenvalue weighted by molar-refractivity contribution is -0.141. The number of imidazole rings is 1. The number of nitrogens with zero attached hydrogens (tertiary/aromatic N) is 4. The molecule has 4 aromatic rings. The first-order chi connectivity index (χ1) is 15.2. The molecular formula is C21H10Cl2F4N4S. The topological polar surface area (TPSA) is 54.0 Å². The van der Waals surface area contributed by atoms with Crippen molar-refractivity contribution in [1.29, 1.82) is 5.26 Å². The van der Waals surface area contributed by atoms with Crippen molar-refractivity contribution in [1.82, 2.24) is 14.4 Å². The van der Waals surface area contributed by atoms with E-state index >= 15 is 0 Å². The van der Waals surface area contributed by atoms with Gasteiger partial charge in [0.15, 0.2) is 5.65 Å². The van der Waals surface area contributed by atoms with Gasteiger partial charge < -0.3 is 4.40 Å². The molecule has 0 atom stereocenters. The van der Waals surface area contributed by atoms with Crippen LogP contribution in [0.5, 0.6) is 0 Å². The molecule has 0 aliphatic heterocycles. The lowest BCUT2D eigenvalue weighted by atomic mass is 10.0. The van der Waals surface area contributed by atoms with Gasteiger partial charge in [-0.3, -0.25) is 0 Å². The Morgan fingerprint density at radius 1 is 1.06 bits per heavy atom. The number of nitriles is 1. The van der Waals surface area contributed by atoms with Crippen LogP contribution in [-0.4, -0.2) is 14.4 Å². The smallest absolute Gasteiger partial charge is 0.304 e. The molecule has 0 amide bonds. The van der Waals surface area contributed by atoms with E-state index in [-0.39, 0.29) is 27.5 Å². The second-order valence-corrected chi connectivity index (χ2v) is 8.42. The molecule has 0 saturated heterocycles. The van der Waals surface area contributed by atoms with Crippen molar-refractivity contribution in [3.8, 4) is 17.2 Å². The van der Waals surface area contributed by atoms with Crippen molar-refractivity contribution in [3.63, 3.8) is 0 Å². The van der Waals surface area contributed by atoms with Crippen LogP contribution in [0.4, 0.5) is 17.6 Å². The van der Waals surface area contributed by atoms with Crippen LogP contribution in [0.15, 0.2) is 53.8 Å². The molecule has 0 aliphatic carbocycles. The van der Waals surface area contributed by atoms with E-state index in [1.165, 1.54) is 18.2 Å². The van der Waals surface area contributed by atoms with Crippen LogP contribution in [0.3, 0.4) is 0 Å². The Labute approximate surface area is 193 Å². The summed E-state index contributed by atoms with van der Waals surface area (Å²) in [5, 5.41) is 10.3. The number of fused-ring (bicyclic) bond motifs is 1. The number of alkyl halides is 3. The molecule has 4 nitrogen and oxygen atoms in total. The zero-order chi connectivity index (χ0) is 23.0. The van der Waals surface area contributed by atoms with E-state index in [0.717, 1.165) is 30.0 Å². The summed E-state index contributed by atoms with van der Waals surface area (Å²) in [5.41, 5.74) is 0.0402. The summed E-state index contributed by atoms with van der Waals surface area (Å²) in [6, 6.07) is 9.10. The predicted molar refractivity (Wildman–Crippen MR) is 114 cm³/mol. The largest absolute Gasteiger partial charge is 0.433 e. The van der Waals surface area contributed by atoms with Crippen LogP contribution in [0, 0.1) is 17.1 Å². The maximum Gasteiger partial charge on any atom is 0.433 e. The van der Waals surface area contributed by atoms with Gasteiger partial charge in [-0.05, 0) is 29.8 Å². The van der Waals surface area contributed by atoms with E-state index in [4.69, 9.17) is 23.2 Å². The third-order valence-electron chi connectivity index (χ3n) is 4.42. The highest BCUT2D eigenvalue weighted by molar-refractivity contribution is 7.98. The SMILES string of the molecule is N#Cc1c(-c2ccc(F)cc2)cc(C(F)(F)F)nc1SCc1cn2cc(Cl)cc(Cl)c2n1. The summed E-state index contributed by atoms with van der Waals surface area (Å²) in [5.74, 6) is -0.417. The zero-order valence-electron chi connectivity index (χ0n) is 15.8. The zero-order valence-corrected chi connectivity index (χ0v) is 18.1. The number of hydrogen-bond donors (Lipinski definition) is 0. The van der Waals surface area contributed by atoms with Gasteiger partial charge >= 0.3 is 6.18 Å². The van der Waals surface area contributed by atoms with Gasteiger partial charge in [0.1, 0.15) is 22.6 Å². The summed E-state index contributed by atoms with van der Waals surface area (Å²) in [6.07, 6.45) is -1.49. The molecule has 11 heteroatoms. The number of pyridine rings is 2. The van der Waals surface area contributed by atoms with Gasteiger partial charge in [0.2, 0.25) is 0 Å². The molecule has 1 aromatic carbocycles. The van der Waals surface area contributed by atoms with Crippen LogP contribution in [0.2, 0.25) is 10.0 Å². The van der Waals surface area contributed by atoms with Crippen LogP contribution in [0.25, 0.3) is 16.8 Å². The summed E-state index contributed by atoms with van der Waals surface area (Å²) >= 11 is 13.0. The first-order valence-electron chi connectivity index (χ1n) is 8.89. The number of halogens is 6. The molecule has 0 N–H and O–H groups in total. The number of hydrogen-bond acceptors (Lipinski definition) is 4. The number of rotatable bonds is 4. The second kappa shape index (κ2) is 8.62. The lowest BCUT2D eigenvalue weighted by Crippen LogP contribution is -2.10. The standard InChI is InChI=1S/C21H10Cl2F4N4S/c22-12-5-17(23)19-29-14(9-31(19)8-12)10-32-20-16(7-28)15(6-18(30-20)21(25,26)27)11-1-3-13(24)4-2-11/h1-6,8-9H,10H2. The van der Waals surface area contributed by atoms with E-state index in [2.05, 4.69) is 9.97 Å². The van der Waals surface area contributed by atoms with Gasteiger partial charge in [0.05, 0.1) is 21.3 Å². The van der Waals surface area contributed by atoms with Gasteiger partial charge in [-0.2, -0.15) is 18.4 Å². The highest BCUT2D eigenvalue weighted by Crippen LogP contribution is 2.37. The molecule has 0 radical (unpaired) electrons.